The van der Waals surface area contributed by atoms with Gasteiger partial charge in [0, 0.05) is 18.8 Å². The van der Waals surface area contributed by atoms with E-state index in [-0.39, 0.29) is 29.5 Å². The molecule has 0 radical (unpaired) electrons. The van der Waals surface area contributed by atoms with Crippen LogP contribution in [0.25, 0.3) is 0 Å². The molecule has 1 aromatic rings. The minimum absolute atomic E-state index is 0.0758. The van der Waals surface area contributed by atoms with Crippen molar-refractivity contribution in [1.29, 1.82) is 0 Å². The molecule has 1 N–H and O–H groups in total. The highest BCUT2D eigenvalue weighted by Crippen LogP contribution is 2.18. The van der Waals surface area contributed by atoms with Crippen LogP contribution in [0.3, 0.4) is 0 Å². The molecule has 1 fully saturated rings. The van der Waals surface area contributed by atoms with Gasteiger partial charge >= 0.3 is 0 Å². The van der Waals surface area contributed by atoms with Crippen molar-refractivity contribution in [1.82, 2.24) is 4.90 Å². The van der Waals surface area contributed by atoms with Gasteiger partial charge in [0.15, 0.2) is 9.84 Å². The number of benzene rings is 1. The highest BCUT2D eigenvalue weighted by Gasteiger charge is 2.33. The fraction of sp³-hybridized carbons (Fsp3) is 0.533. The number of hydrogen-bond acceptors (Lipinski definition) is 4. The average Bonchev–Trinajstić information content (AvgIpc) is 2.77. The van der Waals surface area contributed by atoms with Crippen LogP contribution in [-0.4, -0.2) is 49.9 Å². The molecule has 0 spiro atoms. The van der Waals surface area contributed by atoms with Gasteiger partial charge < -0.3 is 10.2 Å². The zero-order valence-electron chi connectivity index (χ0n) is 12.7. The van der Waals surface area contributed by atoms with E-state index in [1.54, 1.807) is 18.9 Å². The standard InChI is InChI=1S/C15H22N2O3S/c1-11-5-4-6-13(9-11)16-12(2)15(18)17(3)14-7-8-21(19,20)10-14/h4-6,9,12,14,16H,7-8,10H2,1-3H3/t12-,14-/m1/s1. The van der Waals surface area contributed by atoms with E-state index < -0.39 is 9.84 Å². The molecule has 6 heteroatoms. The van der Waals surface area contributed by atoms with Crippen molar-refractivity contribution in [3.05, 3.63) is 29.8 Å². The van der Waals surface area contributed by atoms with Crippen molar-refractivity contribution in [2.45, 2.75) is 32.4 Å². The van der Waals surface area contributed by atoms with E-state index in [4.69, 9.17) is 0 Å². The number of likely N-dealkylation sites (N-methyl/N-ethyl adjacent to an activating group) is 1. The average molecular weight is 310 g/mol. The highest BCUT2D eigenvalue weighted by molar-refractivity contribution is 7.91. The van der Waals surface area contributed by atoms with Gasteiger partial charge in [0.05, 0.1) is 11.5 Å². The molecule has 1 heterocycles. The molecule has 1 aliphatic heterocycles. The number of rotatable bonds is 4. The number of aryl methyl sites for hydroxylation is 1. The van der Waals surface area contributed by atoms with Crippen LogP contribution in [0.2, 0.25) is 0 Å². The van der Waals surface area contributed by atoms with Crippen LogP contribution in [0.5, 0.6) is 0 Å². The number of anilines is 1. The number of nitrogens with zero attached hydrogens (tertiary/aromatic N) is 1. The monoisotopic (exact) mass is 310 g/mol. The lowest BCUT2D eigenvalue weighted by molar-refractivity contribution is -0.132. The Kier molecular flexibility index (Phi) is 4.56. The summed E-state index contributed by atoms with van der Waals surface area (Å²) < 4.78 is 23.0. The summed E-state index contributed by atoms with van der Waals surface area (Å²) in [6.45, 7) is 3.79. The maximum atomic E-state index is 12.4. The third kappa shape index (κ3) is 3.97. The number of hydrogen-bond donors (Lipinski definition) is 1. The van der Waals surface area contributed by atoms with E-state index in [2.05, 4.69) is 5.32 Å². The third-order valence-corrected chi connectivity index (χ3v) is 5.63. The van der Waals surface area contributed by atoms with Gasteiger partial charge in [-0.25, -0.2) is 8.42 Å². The van der Waals surface area contributed by atoms with Gasteiger partial charge in [-0.15, -0.1) is 0 Å². The number of nitrogens with one attached hydrogen (secondary N) is 1. The van der Waals surface area contributed by atoms with Crippen molar-refractivity contribution in [3.8, 4) is 0 Å². The molecule has 0 aliphatic carbocycles. The van der Waals surface area contributed by atoms with Crippen LogP contribution in [0.4, 0.5) is 5.69 Å². The molecule has 0 saturated carbocycles. The second kappa shape index (κ2) is 6.05. The molecule has 1 amide bonds. The summed E-state index contributed by atoms with van der Waals surface area (Å²) in [6, 6.07) is 7.22. The van der Waals surface area contributed by atoms with Crippen LogP contribution < -0.4 is 5.32 Å². The Morgan fingerprint density at radius 3 is 2.71 bits per heavy atom. The first kappa shape index (κ1) is 15.8. The summed E-state index contributed by atoms with van der Waals surface area (Å²) in [5.41, 5.74) is 2.01. The Balaban J connectivity index is 1.99. The zero-order valence-corrected chi connectivity index (χ0v) is 13.5. The quantitative estimate of drug-likeness (QED) is 0.914. The normalized spacial score (nSPS) is 21.8. The van der Waals surface area contributed by atoms with Crippen molar-refractivity contribution >= 4 is 21.4 Å². The molecule has 1 saturated heterocycles. The van der Waals surface area contributed by atoms with Gasteiger partial charge in [0.25, 0.3) is 0 Å². The molecule has 116 valence electrons. The van der Waals surface area contributed by atoms with Crippen molar-refractivity contribution < 1.29 is 13.2 Å². The first-order chi connectivity index (χ1) is 9.78. The molecule has 1 aliphatic rings. The van der Waals surface area contributed by atoms with Crippen LogP contribution in [0, 0.1) is 6.92 Å². The fourth-order valence-corrected chi connectivity index (χ4v) is 4.39. The predicted molar refractivity (Wildman–Crippen MR) is 84.1 cm³/mol. The Labute approximate surface area is 126 Å². The lowest BCUT2D eigenvalue weighted by atomic mass is 10.1. The summed E-state index contributed by atoms with van der Waals surface area (Å²) in [6.07, 6.45) is 0.530. The molecule has 0 bridgehead atoms. The van der Waals surface area contributed by atoms with Gasteiger partial charge in [-0.2, -0.15) is 0 Å². The topological polar surface area (TPSA) is 66.5 Å². The Morgan fingerprint density at radius 1 is 1.43 bits per heavy atom. The van der Waals surface area contributed by atoms with Crippen LogP contribution in [0.1, 0.15) is 18.9 Å². The summed E-state index contributed by atoms with van der Waals surface area (Å²) in [4.78, 5) is 14.0. The number of carbonyl (C=O) groups is 1. The van der Waals surface area contributed by atoms with E-state index in [0.29, 0.717) is 6.42 Å². The molecule has 2 atom stereocenters. The second-order valence-corrected chi connectivity index (χ2v) is 7.97. The summed E-state index contributed by atoms with van der Waals surface area (Å²) >= 11 is 0. The van der Waals surface area contributed by atoms with Gasteiger partial charge in [-0.3, -0.25) is 4.79 Å². The van der Waals surface area contributed by atoms with Crippen LogP contribution >= 0.6 is 0 Å². The number of carbonyl (C=O) groups excluding carboxylic acids is 1. The first-order valence-electron chi connectivity index (χ1n) is 7.09. The molecular formula is C15H22N2O3S. The molecule has 0 unspecified atom stereocenters. The second-order valence-electron chi connectivity index (χ2n) is 5.74. The first-order valence-corrected chi connectivity index (χ1v) is 8.91. The molecule has 21 heavy (non-hydrogen) atoms. The summed E-state index contributed by atoms with van der Waals surface area (Å²) in [5, 5.41) is 3.17. The summed E-state index contributed by atoms with van der Waals surface area (Å²) in [7, 11) is -1.30. The summed E-state index contributed by atoms with van der Waals surface area (Å²) in [5.74, 6) is 0.167. The van der Waals surface area contributed by atoms with Gasteiger partial charge in [-0.05, 0) is 38.0 Å². The van der Waals surface area contributed by atoms with E-state index in [1.807, 2.05) is 31.2 Å². The molecule has 0 aromatic heterocycles. The minimum atomic E-state index is -2.98. The molecule has 1 aromatic carbocycles. The Hall–Kier alpha value is -1.56. The van der Waals surface area contributed by atoms with Crippen molar-refractivity contribution in [2.75, 3.05) is 23.9 Å². The van der Waals surface area contributed by atoms with Crippen molar-refractivity contribution in [2.24, 2.45) is 0 Å². The van der Waals surface area contributed by atoms with Crippen molar-refractivity contribution in [3.63, 3.8) is 0 Å². The Bertz CT molecular complexity index is 628. The predicted octanol–water partition coefficient (Wildman–Crippen LogP) is 1.44. The maximum Gasteiger partial charge on any atom is 0.244 e. The SMILES string of the molecule is Cc1cccc(N[C@H](C)C(=O)N(C)[C@@H]2CCS(=O)(=O)C2)c1. The lowest BCUT2D eigenvalue weighted by Crippen LogP contribution is -2.45. The fourth-order valence-electron chi connectivity index (χ4n) is 2.61. The lowest BCUT2D eigenvalue weighted by Gasteiger charge is -2.27. The van der Waals surface area contributed by atoms with Crippen LogP contribution in [0.15, 0.2) is 24.3 Å². The van der Waals surface area contributed by atoms with Gasteiger partial charge in [0.1, 0.15) is 6.04 Å². The highest BCUT2D eigenvalue weighted by atomic mass is 32.2. The molecular weight excluding hydrogens is 288 g/mol. The number of sulfone groups is 1. The number of amides is 1. The van der Waals surface area contributed by atoms with Gasteiger partial charge in [0.2, 0.25) is 5.91 Å². The largest absolute Gasteiger partial charge is 0.374 e. The molecule has 2 rings (SSSR count). The van der Waals surface area contributed by atoms with Crippen LogP contribution in [-0.2, 0) is 14.6 Å². The smallest absolute Gasteiger partial charge is 0.244 e. The van der Waals surface area contributed by atoms with E-state index >= 15 is 0 Å². The third-order valence-electron chi connectivity index (χ3n) is 3.88. The molecule has 5 nitrogen and oxygen atoms in total. The van der Waals surface area contributed by atoms with E-state index in [9.17, 15) is 13.2 Å². The minimum Gasteiger partial charge on any atom is -0.374 e. The van der Waals surface area contributed by atoms with E-state index in [0.717, 1.165) is 11.3 Å². The Morgan fingerprint density at radius 2 is 2.14 bits per heavy atom. The maximum absolute atomic E-state index is 12.4. The zero-order chi connectivity index (χ0) is 15.6. The van der Waals surface area contributed by atoms with Gasteiger partial charge in [-0.1, -0.05) is 12.1 Å². The van der Waals surface area contributed by atoms with E-state index in [1.165, 1.54) is 0 Å².